The molecule has 0 saturated carbocycles. The van der Waals surface area contributed by atoms with Crippen LogP contribution in [0.4, 0.5) is 0 Å². The van der Waals surface area contributed by atoms with Crippen molar-refractivity contribution in [3.8, 4) is 0 Å². The normalized spacial score (nSPS) is 9.11. The number of carbonyl (C=O) groups excluding carboxylic acids is 2. The van der Waals surface area contributed by atoms with Crippen molar-refractivity contribution in [2.45, 2.75) is 26.7 Å². The van der Waals surface area contributed by atoms with E-state index in [-0.39, 0.29) is 18.0 Å². The van der Waals surface area contributed by atoms with Crippen LogP contribution in [0.2, 0.25) is 0 Å². The van der Waals surface area contributed by atoms with Crippen molar-refractivity contribution >= 4 is 11.6 Å². The van der Waals surface area contributed by atoms with Crippen molar-refractivity contribution in [1.82, 2.24) is 0 Å². The second kappa shape index (κ2) is 4.24. The smallest absolute Gasteiger partial charge is 0.144 e. The van der Waals surface area contributed by atoms with E-state index in [1.54, 1.807) is 0 Å². The summed E-state index contributed by atoms with van der Waals surface area (Å²) in [4.78, 5) is 20.9. The fourth-order valence-electron chi connectivity index (χ4n) is 0.545. The van der Waals surface area contributed by atoms with Gasteiger partial charge in [0.05, 0.1) is 6.42 Å². The molecular weight excluding hydrogens is 116 g/mol. The number of carbonyl (C=O) groups is 2. The van der Waals surface area contributed by atoms with Gasteiger partial charge in [-0.2, -0.15) is 0 Å². The largest absolute Gasteiger partial charge is 0.300 e. The molecule has 0 aromatic heterocycles. The Labute approximate surface area is 55.3 Å². The Hall–Kier alpha value is -0.660. The molecule has 0 aliphatic carbocycles. The fraction of sp³-hybridized carbons (Fsp3) is 0.571. The van der Waals surface area contributed by atoms with Gasteiger partial charge in [0.15, 0.2) is 0 Å². The Morgan fingerprint density at radius 3 is 2.33 bits per heavy atom. The zero-order valence-corrected chi connectivity index (χ0v) is 5.81. The summed E-state index contributed by atoms with van der Waals surface area (Å²) in [6, 6.07) is 0. The van der Waals surface area contributed by atoms with Crippen LogP contribution in [0.3, 0.4) is 0 Å². The molecule has 0 aliphatic heterocycles. The maximum Gasteiger partial charge on any atom is 0.144 e. The number of ketones is 2. The van der Waals surface area contributed by atoms with Crippen molar-refractivity contribution in [3.05, 3.63) is 6.42 Å². The average Bonchev–Trinajstić information content (AvgIpc) is 1.63. The van der Waals surface area contributed by atoms with Gasteiger partial charge < -0.3 is 0 Å². The lowest BCUT2D eigenvalue weighted by atomic mass is 10.1. The van der Waals surface area contributed by atoms with Crippen molar-refractivity contribution < 1.29 is 9.59 Å². The number of hydrogen-bond donors (Lipinski definition) is 0. The van der Waals surface area contributed by atoms with Gasteiger partial charge in [-0.3, -0.25) is 9.59 Å². The van der Waals surface area contributed by atoms with E-state index in [2.05, 4.69) is 0 Å². The van der Waals surface area contributed by atoms with Gasteiger partial charge in [0.1, 0.15) is 11.6 Å². The Morgan fingerprint density at radius 2 is 2.00 bits per heavy atom. The quantitative estimate of drug-likeness (QED) is 0.531. The number of rotatable bonds is 4. The minimum atomic E-state index is -0.0651. The van der Waals surface area contributed by atoms with Gasteiger partial charge in [-0.15, -0.1) is 0 Å². The Morgan fingerprint density at radius 1 is 1.44 bits per heavy atom. The van der Waals surface area contributed by atoms with Crippen molar-refractivity contribution in [1.29, 1.82) is 0 Å². The van der Waals surface area contributed by atoms with Gasteiger partial charge >= 0.3 is 0 Å². The molecular formula is C7H11O2. The Kier molecular flexibility index (Phi) is 3.93. The van der Waals surface area contributed by atoms with Crippen molar-refractivity contribution in [2.75, 3.05) is 0 Å². The summed E-state index contributed by atoms with van der Waals surface area (Å²) in [6.45, 7) is 3.29. The molecule has 0 N–H and O–H groups in total. The highest BCUT2D eigenvalue weighted by molar-refractivity contribution is 6.01. The first-order valence-corrected chi connectivity index (χ1v) is 3.02. The van der Waals surface area contributed by atoms with E-state index >= 15 is 0 Å². The highest BCUT2D eigenvalue weighted by Gasteiger charge is 2.02. The zero-order valence-electron chi connectivity index (χ0n) is 5.81. The van der Waals surface area contributed by atoms with Crippen LogP contribution in [0.15, 0.2) is 0 Å². The summed E-state index contributed by atoms with van der Waals surface area (Å²) in [5, 5.41) is 0. The lowest BCUT2D eigenvalue weighted by Gasteiger charge is -1.90. The molecule has 0 fully saturated rings. The molecule has 2 heteroatoms. The first-order valence-electron chi connectivity index (χ1n) is 3.02. The third-order valence-electron chi connectivity index (χ3n) is 0.855. The Balaban J connectivity index is 3.39. The summed E-state index contributed by atoms with van der Waals surface area (Å²) >= 11 is 0. The summed E-state index contributed by atoms with van der Waals surface area (Å²) < 4.78 is 0. The number of Topliss-reactive ketones (excluding diaryl/α,β-unsaturated/α-hetero) is 2. The standard InChI is InChI=1S/C7H11O2/c1-3-4-7(9)5-6(2)8/h4H,3,5H2,1-2H3. The zero-order chi connectivity index (χ0) is 7.28. The molecule has 0 atom stereocenters. The molecule has 0 unspecified atom stereocenters. The van der Waals surface area contributed by atoms with Crippen LogP contribution in [0.25, 0.3) is 0 Å². The van der Waals surface area contributed by atoms with Gasteiger partial charge in [0, 0.05) is 6.42 Å². The minimum absolute atomic E-state index is 0.0633. The van der Waals surface area contributed by atoms with Gasteiger partial charge in [-0.1, -0.05) is 6.92 Å². The first-order chi connectivity index (χ1) is 4.16. The van der Waals surface area contributed by atoms with Crippen LogP contribution >= 0.6 is 0 Å². The third kappa shape index (κ3) is 5.21. The maximum absolute atomic E-state index is 10.6. The second-order valence-corrected chi connectivity index (χ2v) is 1.96. The molecule has 0 aromatic carbocycles. The van der Waals surface area contributed by atoms with Gasteiger partial charge in [-0.25, -0.2) is 0 Å². The van der Waals surface area contributed by atoms with Gasteiger partial charge in [0.2, 0.25) is 0 Å². The van der Waals surface area contributed by atoms with E-state index in [1.165, 1.54) is 13.3 Å². The van der Waals surface area contributed by atoms with E-state index in [0.717, 1.165) is 0 Å². The Bertz CT molecular complexity index is 116. The molecule has 0 saturated heterocycles. The van der Waals surface area contributed by atoms with Crippen LogP contribution < -0.4 is 0 Å². The maximum atomic E-state index is 10.6. The minimum Gasteiger partial charge on any atom is -0.300 e. The lowest BCUT2D eigenvalue weighted by molar-refractivity contribution is -0.124. The molecule has 51 valence electrons. The van der Waals surface area contributed by atoms with Crippen LogP contribution in [-0.2, 0) is 9.59 Å². The van der Waals surface area contributed by atoms with Crippen molar-refractivity contribution in [2.24, 2.45) is 0 Å². The molecule has 0 heterocycles. The highest BCUT2D eigenvalue weighted by Crippen LogP contribution is 1.92. The molecule has 0 aliphatic rings. The van der Waals surface area contributed by atoms with Crippen molar-refractivity contribution in [3.63, 3.8) is 0 Å². The molecule has 9 heavy (non-hydrogen) atoms. The monoisotopic (exact) mass is 127 g/mol. The predicted octanol–water partition coefficient (Wildman–Crippen LogP) is 1.15. The van der Waals surface area contributed by atoms with Gasteiger partial charge in [-0.05, 0) is 13.3 Å². The molecule has 0 rings (SSSR count). The van der Waals surface area contributed by atoms with Crippen LogP contribution in [0, 0.1) is 6.42 Å². The van der Waals surface area contributed by atoms with E-state index in [4.69, 9.17) is 0 Å². The van der Waals surface area contributed by atoms with Crippen LogP contribution in [0.5, 0.6) is 0 Å². The summed E-state index contributed by atoms with van der Waals surface area (Å²) in [5.74, 6) is -0.130. The predicted molar refractivity (Wildman–Crippen MR) is 34.9 cm³/mol. The highest BCUT2D eigenvalue weighted by atomic mass is 16.1. The molecule has 2 nitrogen and oxygen atoms in total. The van der Waals surface area contributed by atoms with E-state index < -0.39 is 0 Å². The van der Waals surface area contributed by atoms with E-state index in [9.17, 15) is 9.59 Å². The average molecular weight is 127 g/mol. The summed E-state index contributed by atoms with van der Waals surface area (Å²) in [7, 11) is 0. The molecule has 0 spiro atoms. The van der Waals surface area contributed by atoms with Gasteiger partial charge in [0.25, 0.3) is 0 Å². The second-order valence-electron chi connectivity index (χ2n) is 1.96. The molecule has 1 radical (unpaired) electrons. The van der Waals surface area contributed by atoms with Crippen LogP contribution in [-0.4, -0.2) is 11.6 Å². The summed E-state index contributed by atoms with van der Waals surface area (Å²) in [6.07, 6.45) is 2.31. The first kappa shape index (κ1) is 8.34. The summed E-state index contributed by atoms with van der Waals surface area (Å²) in [5.41, 5.74) is 0. The van der Waals surface area contributed by atoms with Crippen LogP contribution in [0.1, 0.15) is 26.7 Å². The van der Waals surface area contributed by atoms with E-state index in [1.807, 2.05) is 6.92 Å². The fourth-order valence-corrected chi connectivity index (χ4v) is 0.545. The molecule has 0 amide bonds. The third-order valence-corrected chi connectivity index (χ3v) is 0.855. The SMILES string of the molecule is CC[CH]C(=O)CC(C)=O. The molecule has 0 bridgehead atoms. The number of hydrogen-bond acceptors (Lipinski definition) is 2. The van der Waals surface area contributed by atoms with E-state index in [0.29, 0.717) is 6.42 Å². The molecule has 0 aromatic rings. The lowest BCUT2D eigenvalue weighted by Crippen LogP contribution is -2.03. The topological polar surface area (TPSA) is 34.1 Å².